The second kappa shape index (κ2) is 4.47. The fraction of sp³-hybridized carbons (Fsp3) is 0.500. The minimum absolute atomic E-state index is 0.0134. The molecule has 0 N–H and O–H groups in total. The molecule has 0 radical (unpaired) electrons. The highest BCUT2D eigenvalue weighted by molar-refractivity contribution is 5.78. The van der Waals surface area contributed by atoms with Crippen LogP contribution in [0.25, 0.3) is 0 Å². The zero-order valence-corrected chi connectivity index (χ0v) is 10.5. The Morgan fingerprint density at radius 3 is 2.76 bits per heavy atom. The van der Waals surface area contributed by atoms with Gasteiger partial charge >= 0.3 is 0 Å². The minimum atomic E-state index is -0.195. The minimum Gasteiger partial charge on any atom is -0.335 e. The number of hydrogen-bond acceptors (Lipinski definition) is 1. The quantitative estimate of drug-likeness (QED) is 0.733. The number of carbonyl (C=O) groups excluding carboxylic acids is 1. The van der Waals surface area contributed by atoms with Gasteiger partial charge in [-0.15, -0.1) is 0 Å². The van der Waals surface area contributed by atoms with Crippen molar-refractivity contribution >= 4 is 5.91 Å². The van der Waals surface area contributed by atoms with E-state index in [2.05, 4.69) is 0 Å². The molecule has 1 heterocycles. The number of nitrogens with zero attached hydrogens (tertiary/aromatic N) is 1. The number of fused-ring (bicyclic) bond motifs is 1. The molecule has 0 fully saturated rings. The Balaban J connectivity index is 2.27. The lowest BCUT2D eigenvalue weighted by Gasteiger charge is -2.36. The third-order valence-electron chi connectivity index (χ3n) is 3.33. The number of amides is 1. The highest BCUT2D eigenvalue weighted by atomic mass is 19.1. The first kappa shape index (κ1) is 12.1. The van der Waals surface area contributed by atoms with E-state index < -0.39 is 0 Å². The van der Waals surface area contributed by atoms with Crippen LogP contribution in [0.1, 0.15) is 31.9 Å². The number of halogens is 1. The summed E-state index contributed by atoms with van der Waals surface area (Å²) < 4.78 is 13.1. The SMILES string of the molecule is CC(C)C(=O)N1Cc2ccc(F)cc2C[C@H]1C. The highest BCUT2D eigenvalue weighted by Gasteiger charge is 2.28. The van der Waals surface area contributed by atoms with E-state index in [1.165, 1.54) is 6.07 Å². The van der Waals surface area contributed by atoms with Crippen molar-refractivity contribution in [1.82, 2.24) is 4.90 Å². The Morgan fingerprint density at radius 1 is 1.41 bits per heavy atom. The molecule has 0 saturated carbocycles. The molecule has 1 aliphatic rings. The van der Waals surface area contributed by atoms with E-state index in [0.717, 1.165) is 17.5 Å². The molecule has 0 unspecified atom stereocenters. The van der Waals surface area contributed by atoms with Gasteiger partial charge in [0, 0.05) is 18.5 Å². The van der Waals surface area contributed by atoms with Crippen LogP contribution in [0.15, 0.2) is 18.2 Å². The van der Waals surface area contributed by atoms with Crippen LogP contribution in [0, 0.1) is 11.7 Å². The fourth-order valence-corrected chi connectivity index (χ4v) is 2.33. The normalized spacial score (nSPS) is 19.4. The summed E-state index contributed by atoms with van der Waals surface area (Å²) in [4.78, 5) is 13.9. The maximum Gasteiger partial charge on any atom is 0.225 e. The lowest BCUT2D eigenvalue weighted by Crippen LogP contribution is -2.44. The van der Waals surface area contributed by atoms with Crippen LogP contribution in [0.2, 0.25) is 0 Å². The predicted molar refractivity (Wildman–Crippen MR) is 65.0 cm³/mol. The molecule has 92 valence electrons. The van der Waals surface area contributed by atoms with Gasteiger partial charge in [-0.1, -0.05) is 19.9 Å². The third kappa shape index (κ3) is 2.33. The Bertz CT molecular complexity index is 442. The molecule has 3 heteroatoms. The molecule has 1 atom stereocenters. The molecule has 1 aliphatic heterocycles. The summed E-state index contributed by atoms with van der Waals surface area (Å²) in [5, 5.41) is 0. The van der Waals surface area contributed by atoms with Crippen LogP contribution in [0.5, 0.6) is 0 Å². The summed E-state index contributed by atoms with van der Waals surface area (Å²) in [5.74, 6) is -0.00786. The van der Waals surface area contributed by atoms with E-state index in [1.54, 1.807) is 12.1 Å². The second-order valence-corrected chi connectivity index (χ2v) is 5.09. The van der Waals surface area contributed by atoms with Crippen molar-refractivity contribution in [2.75, 3.05) is 0 Å². The van der Waals surface area contributed by atoms with E-state index in [9.17, 15) is 9.18 Å². The standard InChI is InChI=1S/C14H18FNO/c1-9(2)14(17)16-8-11-4-5-13(15)7-12(11)6-10(16)3/h4-5,7,9-10H,6,8H2,1-3H3/t10-/m1/s1. The molecule has 1 amide bonds. The fourth-order valence-electron chi connectivity index (χ4n) is 2.33. The van der Waals surface area contributed by atoms with Gasteiger partial charge in [0.15, 0.2) is 0 Å². The molecule has 0 bridgehead atoms. The van der Waals surface area contributed by atoms with Crippen LogP contribution < -0.4 is 0 Å². The number of carbonyl (C=O) groups is 1. The van der Waals surface area contributed by atoms with Gasteiger partial charge in [-0.25, -0.2) is 4.39 Å². The summed E-state index contributed by atoms with van der Waals surface area (Å²) in [5.41, 5.74) is 2.10. The molecule has 0 saturated heterocycles. The maximum atomic E-state index is 13.1. The zero-order chi connectivity index (χ0) is 12.6. The predicted octanol–water partition coefficient (Wildman–Crippen LogP) is 2.75. The molecule has 0 aliphatic carbocycles. The van der Waals surface area contributed by atoms with Gasteiger partial charge in [-0.3, -0.25) is 4.79 Å². The van der Waals surface area contributed by atoms with E-state index in [1.807, 2.05) is 25.7 Å². The molecule has 1 aromatic carbocycles. The summed E-state index contributed by atoms with van der Waals surface area (Å²) in [6.07, 6.45) is 0.742. The Morgan fingerprint density at radius 2 is 2.12 bits per heavy atom. The number of benzene rings is 1. The van der Waals surface area contributed by atoms with Gasteiger partial charge in [-0.05, 0) is 36.6 Å². The van der Waals surface area contributed by atoms with E-state index >= 15 is 0 Å². The van der Waals surface area contributed by atoms with E-state index in [0.29, 0.717) is 6.54 Å². The first-order valence-electron chi connectivity index (χ1n) is 6.07. The second-order valence-electron chi connectivity index (χ2n) is 5.09. The topological polar surface area (TPSA) is 20.3 Å². The average Bonchev–Trinajstić information content (AvgIpc) is 2.27. The zero-order valence-electron chi connectivity index (χ0n) is 10.5. The summed E-state index contributed by atoms with van der Waals surface area (Å²) >= 11 is 0. The lowest BCUT2D eigenvalue weighted by molar-refractivity contribution is -0.137. The summed E-state index contributed by atoms with van der Waals surface area (Å²) in [6, 6.07) is 4.99. The van der Waals surface area contributed by atoms with Crippen LogP contribution in [0.4, 0.5) is 4.39 Å². The average molecular weight is 235 g/mol. The van der Waals surface area contributed by atoms with E-state index in [-0.39, 0.29) is 23.7 Å². The Hall–Kier alpha value is -1.38. The van der Waals surface area contributed by atoms with E-state index in [4.69, 9.17) is 0 Å². The van der Waals surface area contributed by atoms with Gasteiger partial charge in [0.25, 0.3) is 0 Å². The smallest absolute Gasteiger partial charge is 0.225 e. The molecule has 0 spiro atoms. The number of rotatable bonds is 1. The van der Waals surface area contributed by atoms with Crippen LogP contribution in [0.3, 0.4) is 0 Å². The monoisotopic (exact) mass is 235 g/mol. The van der Waals surface area contributed by atoms with Crippen molar-refractivity contribution in [3.63, 3.8) is 0 Å². The molecule has 0 aromatic heterocycles. The van der Waals surface area contributed by atoms with Crippen molar-refractivity contribution in [2.24, 2.45) is 5.92 Å². The summed E-state index contributed by atoms with van der Waals surface area (Å²) in [7, 11) is 0. The largest absolute Gasteiger partial charge is 0.335 e. The van der Waals surface area contributed by atoms with Gasteiger partial charge < -0.3 is 4.90 Å². The summed E-state index contributed by atoms with van der Waals surface area (Å²) in [6.45, 7) is 6.45. The van der Waals surface area contributed by atoms with Gasteiger partial charge in [-0.2, -0.15) is 0 Å². The molecule has 2 rings (SSSR count). The molecule has 1 aromatic rings. The van der Waals surface area contributed by atoms with Crippen molar-refractivity contribution in [3.05, 3.63) is 35.1 Å². The maximum absolute atomic E-state index is 13.1. The third-order valence-corrected chi connectivity index (χ3v) is 3.33. The van der Waals surface area contributed by atoms with Gasteiger partial charge in [0.05, 0.1) is 0 Å². The molecular weight excluding hydrogens is 217 g/mol. The van der Waals surface area contributed by atoms with Crippen molar-refractivity contribution in [1.29, 1.82) is 0 Å². The van der Waals surface area contributed by atoms with Crippen molar-refractivity contribution < 1.29 is 9.18 Å². The van der Waals surface area contributed by atoms with Crippen LogP contribution in [-0.4, -0.2) is 16.8 Å². The van der Waals surface area contributed by atoms with Crippen molar-refractivity contribution in [3.8, 4) is 0 Å². The lowest BCUT2D eigenvalue weighted by atomic mass is 9.93. The first-order valence-corrected chi connectivity index (χ1v) is 6.07. The van der Waals surface area contributed by atoms with Crippen LogP contribution >= 0.6 is 0 Å². The first-order chi connectivity index (χ1) is 7.99. The highest BCUT2D eigenvalue weighted by Crippen LogP contribution is 2.25. The molecule has 2 nitrogen and oxygen atoms in total. The van der Waals surface area contributed by atoms with Crippen molar-refractivity contribution in [2.45, 2.75) is 39.8 Å². The number of hydrogen-bond donors (Lipinski definition) is 0. The van der Waals surface area contributed by atoms with Crippen LogP contribution in [-0.2, 0) is 17.8 Å². The van der Waals surface area contributed by atoms with Gasteiger partial charge in [0.2, 0.25) is 5.91 Å². The Kier molecular flexibility index (Phi) is 3.18. The van der Waals surface area contributed by atoms with Gasteiger partial charge in [0.1, 0.15) is 5.82 Å². The Labute approximate surface area is 101 Å². The molecule has 17 heavy (non-hydrogen) atoms. The molecular formula is C14H18FNO.